The zero-order chi connectivity index (χ0) is 42.7. The summed E-state index contributed by atoms with van der Waals surface area (Å²) in [6.07, 6.45) is 5.30. The number of amides is 3. The Morgan fingerprint density at radius 1 is 0.828 bits per heavy atom. The Balaban J connectivity index is 1.46. The average molecular weight is 844 g/mol. The maximum absolute atomic E-state index is 14.1. The van der Waals surface area contributed by atoms with Gasteiger partial charge in [0, 0.05) is 59.4 Å². The van der Waals surface area contributed by atoms with Gasteiger partial charge in [-0.15, -0.1) is 0 Å². The third-order valence-electron chi connectivity index (χ3n) is 10.4. The number of hydrogen-bond donors (Lipinski definition) is 3. The first-order chi connectivity index (χ1) is 27.5. The van der Waals surface area contributed by atoms with Gasteiger partial charge in [-0.2, -0.15) is 0 Å². The van der Waals surface area contributed by atoms with E-state index in [-0.39, 0.29) is 43.3 Å². The number of carbonyl (C=O) groups is 3. The van der Waals surface area contributed by atoms with Crippen LogP contribution >= 0.6 is 15.2 Å². The molecule has 58 heavy (non-hydrogen) atoms. The highest BCUT2D eigenvalue weighted by atomic mass is 31.2. The van der Waals surface area contributed by atoms with Crippen molar-refractivity contribution in [2.75, 3.05) is 35.0 Å². The van der Waals surface area contributed by atoms with Crippen LogP contribution in [-0.4, -0.2) is 92.8 Å². The second-order valence-corrected chi connectivity index (χ2v) is 20.2. The van der Waals surface area contributed by atoms with Crippen molar-refractivity contribution in [3.8, 4) is 0 Å². The number of carbonyl (C=O) groups excluding carboxylic acids is 3. The molecule has 0 radical (unpaired) electrons. The minimum Gasteiger partial charge on any atom is -0.402 e. The molecule has 3 amide bonds. The van der Waals surface area contributed by atoms with Gasteiger partial charge in [0.25, 0.3) is 11.8 Å². The zero-order valence-electron chi connectivity index (χ0n) is 34.6. The van der Waals surface area contributed by atoms with Crippen LogP contribution in [0.4, 0.5) is 0 Å². The van der Waals surface area contributed by atoms with Gasteiger partial charge in [-0.3, -0.25) is 28.5 Å². The number of rotatable bonds is 21. The molecule has 1 aromatic heterocycles. The molecule has 0 saturated carbocycles. The second-order valence-electron chi connectivity index (χ2n) is 15.0. The maximum atomic E-state index is 14.1. The van der Waals surface area contributed by atoms with Crippen molar-refractivity contribution in [3.63, 3.8) is 0 Å². The molecule has 0 spiro atoms. The summed E-state index contributed by atoms with van der Waals surface area (Å²) < 4.78 is 60.0. The third-order valence-corrected chi connectivity index (χ3v) is 16.1. The summed E-state index contributed by atoms with van der Waals surface area (Å²) in [5.41, 5.74) is 0.195. The van der Waals surface area contributed by atoms with Crippen LogP contribution in [0.2, 0.25) is 0 Å². The van der Waals surface area contributed by atoms with Crippen LogP contribution in [0.3, 0.4) is 0 Å². The van der Waals surface area contributed by atoms with E-state index in [4.69, 9.17) is 27.4 Å². The summed E-state index contributed by atoms with van der Waals surface area (Å²) in [6.45, 7) is 9.96. The molecule has 1 unspecified atom stereocenters. The predicted octanol–water partition coefficient (Wildman–Crippen LogP) is 5.92. The van der Waals surface area contributed by atoms with E-state index in [9.17, 15) is 23.5 Å². The molecular weight excluding hydrogens is 787 g/mol. The van der Waals surface area contributed by atoms with E-state index in [1.807, 2.05) is 65.0 Å². The van der Waals surface area contributed by atoms with Crippen molar-refractivity contribution in [3.05, 3.63) is 95.6 Å². The topological polar surface area (TPSA) is 203 Å². The molecule has 2 aromatic carbocycles. The van der Waals surface area contributed by atoms with Gasteiger partial charge in [-0.05, 0) is 69.2 Å². The molecule has 3 N–H and O–H groups in total. The molecule has 1 aliphatic heterocycles. The van der Waals surface area contributed by atoms with E-state index in [2.05, 4.69) is 25.9 Å². The van der Waals surface area contributed by atoms with Crippen molar-refractivity contribution in [1.29, 1.82) is 0 Å². The largest absolute Gasteiger partial charge is 0.482 e. The van der Waals surface area contributed by atoms with Crippen molar-refractivity contribution in [2.24, 2.45) is 5.92 Å². The predicted molar refractivity (Wildman–Crippen MR) is 219 cm³/mol. The Kier molecular flexibility index (Phi) is 16.5. The van der Waals surface area contributed by atoms with E-state index in [1.54, 1.807) is 24.3 Å². The van der Waals surface area contributed by atoms with Gasteiger partial charge in [0.2, 0.25) is 5.91 Å². The molecule has 16 nitrogen and oxygen atoms in total. The lowest BCUT2D eigenvalue weighted by Gasteiger charge is -2.37. The molecule has 3 atom stereocenters. The zero-order valence-corrected chi connectivity index (χ0v) is 36.4. The standard InChI is InChI=1S/C39H56BN5O11P2/c1-27(2)24-33(45-36(47)31(25-28-14-11-10-12-15-28)44-37(48)32-26-41-22-23-42-32)40-55-38(3,4)39(5,56-40)30-19-17-29(18-20-30)35(46)43-21-13-16-34(57(49,51-6)52-7)58(50,53-8)54-9/h10-12,14-15,17-20,22-23,26-27,31,33-34H,13,16,21,24-25H2,1-9H3,(H,43,46)(H,44,48)(H,45,47)/t31-,33-,39?/m0/s1. The fraction of sp³-hybridized carbons (Fsp3) is 0.513. The minimum atomic E-state index is -3.85. The molecular formula is C39H56BN5O11P2. The molecule has 0 bridgehead atoms. The summed E-state index contributed by atoms with van der Waals surface area (Å²) in [7, 11) is -3.77. The fourth-order valence-corrected chi connectivity index (χ4v) is 11.6. The summed E-state index contributed by atoms with van der Waals surface area (Å²) in [6, 6.07) is 15.4. The number of nitrogens with zero attached hydrogens (tertiary/aromatic N) is 2. The Morgan fingerprint density at radius 2 is 1.45 bits per heavy atom. The molecule has 316 valence electrons. The van der Waals surface area contributed by atoms with Crippen LogP contribution in [0.5, 0.6) is 0 Å². The molecule has 3 aromatic rings. The molecule has 1 fully saturated rings. The van der Waals surface area contributed by atoms with Gasteiger partial charge in [-0.1, -0.05) is 56.3 Å². The quantitative estimate of drug-likeness (QED) is 0.0648. The summed E-state index contributed by atoms with van der Waals surface area (Å²) in [5, 5.41) is 7.61. The third kappa shape index (κ3) is 11.3. The molecule has 0 aliphatic carbocycles. The van der Waals surface area contributed by atoms with Gasteiger partial charge in [-0.25, -0.2) is 4.98 Å². The average Bonchev–Trinajstić information content (AvgIpc) is 3.48. The summed E-state index contributed by atoms with van der Waals surface area (Å²) >= 11 is 0. The van der Waals surface area contributed by atoms with Gasteiger partial charge < -0.3 is 43.4 Å². The van der Waals surface area contributed by atoms with Gasteiger partial charge in [0.1, 0.15) is 17.3 Å². The van der Waals surface area contributed by atoms with Crippen LogP contribution in [0.15, 0.2) is 73.2 Å². The van der Waals surface area contributed by atoms with Gasteiger partial charge in [0.15, 0.2) is 5.40 Å². The first-order valence-electron chi connectivity index (χ1n) is 19.0. The minimum absolute atomic E-state index is 0.0620. The van der Waals surface area contributed by atoms with Crippen LogP contribution in [0.1, 0.15) is 85.9 Å². The lowest BCUT2D eigenvalue weighted by molar-refractivity contribution is -0.123. The van der Waals surface area contributed by atoms with Crippen LogP contribution in [-0.2, 0) is 53.4 Å². The molecule has 19 heteroatoms. The van der Waals surface area contributed by atoms with Crippen LogP contribution in [0, 0.1) is 5.92 Å². The monoisotopic (exact) mass is 843 g/mol. The van der Waals surface area contributed by atoms with E-state index in [1.165, 1.54) is 47.0 Å². The van der Waals surface area contributed by atoms with Crippen molar-refractivity contribution in [1.82, 2.24) is 25.9 Å². The van der Waals surface area contributed by atoms with Gasteiger partial charge in [0.05, 0.1) is 17.7 Å². The van der Waals surface area contributed by atoms with Crippen LogP contribution in [0.25, 0.3) is 0 Å². The van der Waals surface area contributed by atoms with Crippen molar-refractivity contribution >= 4 is 40.0 Å². The molecule has 1 aliphatic rings. The lowest BCUT2D eigenvalue weighted by atomic mass is 9.73. The Morgan fingerprint density at radius 3 is 2.00 bits per heavy atom. The van der Waals surface area contributed by atoms with Gasteiger partial charge >= 0.3 is 22.3 Å². The smallest absolute Gasteiger partial charge is 0.402 e. The Labute approximate surface area is 341 Å². The summed E-state index contributed by atoms with van der Waals surface area (Å²) in [4.78, 5) is 48.5. The SMILES string of the molecule is COP(=O)(OC)C(CCCNC(=O)c1ccc(C2(C)OB([C@H](CC(C)C)NC(=O)[C@H](Cc3ccccc3)NC(=O)c3cnccn3)OC2(C)C)cc1)P(=O)(OC)OC. The molecule has 1 saturated heterocycles. The highest BCUT2D eigenvalue weighted by molar-refractivity contribution is 7.72. The second kappa shape index (κ2) is 20.5. The number of nitrogens with one attached hydrogen (secondary N) is 3. The first-order valence-corrected chi connectivity index (χ1v) is 22.3. The number of aromatic nitrogens is 2. The number of hydrogen-bond acceptors (Lipinski definition) is 13. The first kappa shape index (κ1) is 46.9. The van der Waals surface area contributed by atoms with Crippen LogP contribution < -0.4 is 16.0 Å². The normalized spacial score (nSPS) is 17.9. The lowest BCUT2D eigenvalue weighted by Crippen LogP contribution is -2.55. The van der Waals surface area contributed by atoms with E-state index >= 15 is 0 Å². The maximum Gasteiger partial charge on any atom is 0.482 e. The van der Waals surface area contributed by atoms with E-state index in [0.717, 1.165) is 11.1 Å². The highest BCUT2D eigenvalue weighted by Crippen LogP contribution is 2.70. The fourth-order valence-electron chi connectivity index (χ4n) is 6.77. The highest BCUT2D eigenvalue weighted by Gasteiger charge is 2.57. The van der Waals surface area contributed by atoms with E-state index in [0.29, 0.717) is 12.0 Å². The molecule has 4 rings (SSSR count). The van der Waals surface area contributed by atoms with Crippen molar-refractivity contribution < 1.29 is 50.9 Å². The Hall–Kier alpha value is -3.79. The molecule has 2 heterocycles. The summed E-state index contributed by atoms with van der Waals surface area (Å²) in [5.74, 6) is -1.73. The van der Waals surface area contributed by atoms with E-state index < -0.39 is 62.7 Å². The number of benzene rings is 2. The Bertz CT molecular complexity index is 1890. The van der Waals surface area contributed by atoms with Crippen molar-refractivity contribution in [2.45, 2.75) is 88.9 Å².